The molecule has 2 bridgehead atoms. The Kier molecular flexibility index (Phi) is 2.21. The molecule has 2 fully saturated rings. The minimum Gasteiger partial charge on any atom is -0.311 e. The number of aromatic nitrogens is 1. The van der Waals surface area contributed by atoms with Crippen molar-refractivity contribution >= 4 is 0 Å². The zero-order valence-corrected chi connectivity index (χ0v) is 8.92. The molecular weight excluding hydrogens is 210 g/mol. The van der Waals surface area contributed by atoms with E-state index in [0.29, 0.717) is 18.4 Å². The number of nitrogens with zero attached hydrogens (tertiary/aromatic N) is 1. The first-order chi connectivity index (χ1) is 7.66. The van der Waals surface area contributed by atoms with Crippen LogP contribution in [0.2, 0.25) is 0 Å². The van der Waals surface area contributed by atoms with Crippen LogP contribution in [0.25, 0.3) is 0 Å². The van der Waals surface area contributed by atoms with Crippen molar-refractivity contribution in [3.63, 3.8) is 0 Å². The lowest BCUT2D eigenvalue weighted by atomic mass is 9.84. The Hall–Kier alpha value is -1.03. The van der Waals surface area contributed by atoms with Crippen molar-refractivity contribution in [2.75, 3.05) is 0 Å². The highest BCUT2D eigenvalue weighted by Gasteiger charge is 2.45. The molecule has 0 spiro atoms. The number of halogens is 2. The number of hydrogen-bond acceptors (Lipinski definition) is 2. The van der Waals surface area contributed by atoms with Gasteiger partial charge in [0, 0.05) is 36.7 Å². The lowest BCUT2D eigenvalue weighted by Gasteiger charge is -2.35. The maximum atomic E-state index is 14.8. The molecule has 2 atom stereocenters. The quantitative estimate of drug-likeness (QED) is 0.791. The SMILES string of the molecule is Fc1cncc(C2(F)CC3CCC(C2)N3)c1. The topological polar surface area (TPSA) is 24.9 Å². The molecule has 0 amide bonds. The van der Waals surface area contributed by atoms with Crippen molar-refractivity contribution in [3.8, 4) is 0 Å². The molecule has 2 aliphatic rings. The molecule has 3 heterocycles. The third-order valence-electron chi connectivity index (χ3n) is 3.70. The summed E-state index contributed by atoms with van der Waals surface area (Å²) in [5.41, 5.74) is -1.00. The molecule has 86 valence electrons. The molecule has 1 aromatic rings. The number of fused-ring (bicyclic) bond motifs is 2. The summed E-state index contributed by atoms with van der Waals surface area (Å²) >= 11 is 0. The zero-order valence-electron chi connectivity index (χ0n) is 8.92. The van der Waals surface area contributed by atoms with E-state index in [1.54, 1.807) is 0 Å². The smallest absolute Gasteiger partial charge is 0.141 e. The fraction of sp³-hybridized carbons (Fsp3) is 0.583. The zero-order chi connectivity index (χ0) is 11.2. The molecule has 0 aromatic carbocycles. The van der Waals surface area contributed by atoms with Crippen molar-refractivity contribution < 1.29 is 8.78 Å². The van der Waals surface area contributed by atoms with Gasteiger partial charge in [0.1, 0.15) is 11.5 Å². The highest BCUT2D eigenvalue weighted by Crippen LogP contribution is 2.43. The monoisotopic (exact) mass is 224 g/mol. The van der Waals surface area contributed by atoms with E-state index in [-0.39, 0.29) is 12.1 Å². The van der Waals surface area contributed by atoms with Crippen LogP contribution >= 0.6 is 0 Å². The van der Waals surface area contributed by atoms with Crippen molar-refractivity contribution in [3.05, 3.63) is 29.8 Å². The van der Waals surface area contributed by atoms with E-state index in [2.05, 4.69) is 10.3 Å². The fourth-order valence-corrected chi connectivity index (χ4v) is 2.98. The van der Waals surface area contributed by atoms with Crippen LogP contribution in [0.1, 0.15) is 31.2 Å². The minimum atomic E-state index is -1.40. The van der Waals surface area contributed by atoms with E-state index in [9.17, 15) is 8.78 Å². The summed E-state index contributed by atoms with van der Waals surface area (Å²) in [5, 5.41) is 3.38. The first kappa shape index (κ1) is 10.1. The molecule has 16 heavy (non-hydrogen) atoms. The summed E-state index contributed by atoms with van der Waals surface area (Å²) in [4.78, 5) is 3.74. The van der Waals surface area contributed by atoms with Gasteiger partial charge in [-0.2, -0.15) is 0 Å². The lowest BCUT2D eigenvalue weighted by molar-refractivity contribution is 0.0866. The molecule has 2 aliphatic heterocycles. The van der Waals surface area contributed by atoms with Crippen molar-refractivity contribution in [2.24, 2.45) is 0 Å². The summed E-state index contributed by atoms with van der Waals surface area (Å²) in [7, 11) is 0. The number of hydrogen-bond donors (Lipinski definition) is 1. The van der Waals surface area contributed by atoms with Gasteiger partial charge in [0.15, 0.2) is 0 Å². The predicted molar refractivity (Wildman–Crippen MR) is 56.2 cm³/mol. The van der Waals surface area contributed by atoms with Gasteiger partial charge in [0.25, 0.3) is 0 Å². The largest absolute Gasteiger partial charge is 0.311 e. The van der Waals surface area contributed by atoms with Gasteiger partial charge in [-0.15, -0.1) is 0 Å². The molecule has 0 radical (unpaired) electrons. The van der Waals surface area contributed by atoms with E-state index in [1.165, 1.54) is 12.3 Å². The molecule has 4 heteroatoms. The number of nitrogens with one attached hydrogen (secondary N) is 1. The Morgan fingerprint density at radius 2 is 1.94 bits per heavy atom. The van der Waals surface area contributed by atoms with E-state index < -0.39 is 11.5 Å². The predicted octanol–water partition coefficient (Wildman–Crippen LogP) is 2.30. The van der Waals surface area contributed by atoms with Gasteiger partial charge in [-0.3, -0.25) is 4.98 Å². The average Bonchev–Trinajstić information content (AvgIpc) is 2.59. The first-order valence-electron chi connectivity index (χ1n) is 5.72. The number of rotatable bonds is 1. The molecular formula is C12H14F2N2. The Morgan fingerprint density at radius 3 is 2.56 bits per heavy atom. The molecule has 3 rings (SSSR count). The summed E-state index contributed by atoms with van der Waals surface area (Å²) in [6, 6.07) is 1.76. The van der Waals surface area contributed by atoms with Gasteiger partial charge in [-0.1, -0.05) is 0 Å². The standard InChI is InChI=1S/C12H14F2N2/c13-9-3-8(6-15-7-9)12(14)4-10-1-2-11(5-12)16-10/h3,6-7,10-11,16H,1-2,4-5H2. The van der Waals surface area contributed by atoms with Gasteiger partial charge in [-0.05, 0) is 18.9 Å². The second-order valence-electron chi connectivity index (χ2n) is 4.90. The highest BCUT2D eigenvalue weighted by atomic mass is 19.1. The van der Waals surface area contributed by atoms with Crippen LogP contribution in [-0.2, 0) is 5.67 Å². The summed E-state index contributed by atoms with van der Waals surface area (Å²) < 4.78 is 27.8. The fourth-order valence-electron chi connectivity index (χ4n) is 2.98. The molecule has 1 aromatic heterocycles. The summed E-state index contributed by atoms with van der Waals surface area (Å²) in [6.45, 7) is 0. The first-order valence-corrected chi connectivity index (χ1v) is 5.72. The van der Waals surface area contributed by atoms with Crippen LogP contribution in [0.15, 0.2) is 18.5 Å². The summed E-state index contributed by atoms with van der Waals surface area (Å²) in [5.74, 6) is -0.458. The van der Waals surface area contributed by atoms with Crippen LogP contribution < -0.4 is 5.32 Å². The van der Waals surface area contributed by atoms with Crippen molar-refractivity contribution in [1.29, 1.82) is 0 Å². The van der Waals surface area contributed by atoms with Crippen LogP contribution in [0.5, 0.6) is 0 Å². The minimum absolute atomic E-state index is 0.243. The van der Waals surface area contributed by atoms with Gasteiger partial charge in [0.05, 0.1) is 6.20 Å². The Labute approximate surface area is 93.1 Å². The maximum absolute atomic E-state index is 14.8. The van der Waals surface area contributed by atoms with Crippen LogP contribution in [-0.4, -0.2) is 17.1 Å². The normalized spacial score (nSPS) is 37.6. The molecule has 0 aliphatic carbocycles. The summed E-state index contributed by atoms with van der Waals surface area (Å²) in [6.07, 6.45) is 5.50. The second-order valence-corrected chi connectivity index (χ2v) is 4.90. The van der Waals surface area contributed by atoms with Crippen LogP contribution in [0, 0.1) is 5.82 Å². The van der Waals surface area contributed by atoms with E-state index in [4.69, 9.17) is 0 Å². The van der Waals surface area contributed by atoms with Crippen molar-refractivity contribution in [1.82, 2.24) is 10.3 Å². The number of piperidine rings is 1. The Bertz CT molecular complexity index is 396. The maximum Gasteiger partial charge on any atom is 0.141 e. The van der Waals surface area contributed by atoms with Gasteiger partial charge in [0.2, 0.25) is 0 Å². The third-order valence-corrected chi connectivity index (χ3v) is 3.70. The Balaban J connectivity index is 1.93. The Morgan fingerprint density at radius 1 is 1.25 bits per heavy atom. The third kappa shape index (κ3) is 1.61. The lowest BCUT2D eigenvalue weighted by Crippen LogP contribution is -2.44. The highest BCUT2D eigenvalue weighted by molar-refractivity contribution is 5.22. The average molecular weight is 224 g/mol. The molecule has 2 nitrogen and oxygen atoms in total. The van der Waals surface area contributed by atoms with Gasteiger partial charge < -0.3 is 5.32 Å². The van der Waals surface area contributed by atoms with E-state index in [0.717, 1.165) is 19.0 Å². The van der Waals surface area contributed by atoms with Gasteiger partial charge >= 0.3 is 0 Å². The second kappa shape index (κ2) is 3.48. The van der Waals surface area contributed by atoms with E-state index in [1.807, 2.05) is 0 Å². The molecule has 0 saturated carbocycles. The van der Waals surface area contributed by atoms with Gasteiger partial charge in [-0.25, -0.2) is 8.78 Å². The number of alkyl halides is 1. The number of pyridine rings is 1. The molecule has 1 N–H and O–H groups in total. The van der Waals surface area contributed by atoms with E-state index >= 15 is 0 Å². The van der Waals surface area contributed by atoms with Crippen LogP contribution in [0.3, 0.4) is 0 Å². The molecule has 2 unspecified atom stereocenters. The van der Waals surface area contributed by atoms with Crippen LogP contribution in [0.4, 0.5) is 8.78 Å². The molecule has 2 saturated heterocycles. The van der Waals surface area contributed by atoms with Crippen molar-refractivity contribution in [2.45, 2.75) is 43.4 Å².